The number of carbonyl (C=O) groups is 2. The zero-order valence-electron chi connectivity index (χ0n) is 12.6. The summed E-state index contributed by atoms with van der Waals surface area (Å²) in [6, 6.07) is 11.1. The van der Waals surface area contributed by atoms with Crippen LogP contribution in [0, 0.1) is 5.82 Å². The molecule has 0 spiro atoms. The molecule has 0 bridgehead atoms. The normalized spacial score (nSPS) is 10.8. The van der Waals surface area contributed by atoms with E-state index < -0.39 is 11.7 Å². The number of hydrogen-bond donors (Lipinski definition) is 2. The van der Waals surface area contributed by atoms with E-state index in [9.17, 15) is 14.0 Å². The number of amides is 1. The maximum Gasteiger partial charge on any atom is 0.292 e. The monoisotopic (exact) mass is 344 g/mol. The molecule has 2 N–H and O–H groups in total. The van der Waals surface area contributed by atoms with Crippen LogP contribution in [-0.4, -0.2) is 23.2 Å². The third kappa shape index (κ3) is 3.46. The molecule has 0 aliphatic carbocycles. The van der Waals surface area contributed by atoms with Crippen LogP contribution in [-0.2, 0) is 11.2 Å². The highest BCUT2D eigenvalue weighted by Gasteiger charge is 2.19. The summed E-state index contributed by atoms with van der Waals surface area (Å²) < 4.78 is 12.8. The zero-order valence-corrected chi connectivity index (χ0v) is 13.4. The second-order valence-electron chi connectivity index (χ2n) is 5.35. The summed E-state index contributed by atoms with van der Waals surface area (Å²) in [5.41, 5.74) is 1.90. The van der Waals surface area contributed by atoms with E-state index in [0.717, 1.165) is 11.1 Å². The number of ketones is 1. The van der Waals surface area contributed by atoms with E-state index >= 15 is 0 Å². The summed E-state index contributed by atoms with van der Waals surface area (Å²) in [6.07, 6.45) is 2.02. The predicted molar refractivity (Wildman–Crippen MR) is 90.8 cm³/mol. The minimum absolute atomic E-state index is 0.284. The number of H-pyrrole nitrogens is 1. The molecule has 4 nitrogen and oxygen atoms in total. The van der Waals surface area contributed by atoms with Gasteiger partial charge in [0.2, 0.25) is 0 Å². The highest BCUT2D eigenvalue weighted by Crippen LogP contribution is 2.22. The second-order valence-corrected chi connectivity index (χ2v) is 5.79. The van der Waals surface area contributed by atoms with Crippen molar-refractivity contribution in [1.82, 2.24) is 10.3 Å². The lowest BCUT2D eigenvalue weighted by atomic mass is 10.1. The molecule has 1 heterocycles. The lowest BCUT2D eigenvalue weighted by molar-refractivity contribution is -0.116. The van der Waals surface area contributed by atoms with Crippen LogP contribution >= 0.6 is 11.6 Å². The Morgan fingerprint density at radius 2 is 1.88 bits per heavy atom. The Bertz CT molecular complexity index is 903. The molecule has 0 unspecified atom stereocenters. The van der Waals surface area contributed by atoms with Gasteiger partial charge < -0.3 is 10.3 Å². The van der Waals surface area contributed by atoms with Crippen molar-refractivity contribution in [2.24, 2.45) is 0 Å². The average molecular weight is 345 g/mol. The molecular weight excluding hydrogens is 331 g/mol. The molecule has 3 aromatic rings. The van der Waals surface area contributed by atoms with Gasteiger partial charge in [0.25, 0.3) is 11.7 Å². The number of carbonyl (C=O) groups excluding carboxylic acids is 2. The van der Waals surface area contributed by atoms with Crippen molar-refractivity contribution in [2.45, 2.75) is 6.42 Å². The van der Waals surface area contributed by atoms with E-state index in [4.69, 9.17) is 11.6 Å². The van der Waals surface area contributed by atoms with Gasteiger partial charge in [0, 0.05) is 28.7 Å². The van der Waals surface area contributed by atoms with Crippen LogP contribution in [0.3, 0.4) is 0 Å². The number of hydrogen-bond acceptors (Lipinski definition) is 2. The fourth-order valence-electron chi connectivity index (χ4n) is 2.45. The van der Waals surface area contributed by atoms with Gasteiger partial charge >= 0.3 is 0 Å². The van der Waals surface area contributed by atoms with Crippen molar-refractivity contribution in [3.63, 3.8) is 0 Å². The molecule has 0 fully saturated rings. The van der Waals surface area contributed by atoms with Crippen LogP contribution in [0.5, 0.6) is 0 Å². The molecular formula is C18H14ClFN2O2. The lowest BCUT2D eigenvalue weighted by Gasteiger charge is -2.04. The minimum atomic E-state index is -0.682. The molecule has 0 aliphatic rings. The van der Waals surface area contributed by atoms with Gasteiger partial charge in [0.15, 0.2) is 0 Å². The first-order valence-corrected chi connectivity index (χ1v) is 7.76. The number of rotatable bonds is 5. The van der Waals surface area contributed by atoms with E-state index in [1.54, 1.807) is 30.3 Å². The number of aromatic amines is 1. The third-order valence-electron chi connectivity index (χ3n) is 3.71. The van der Waals surface area contributed by atoms with E-state index in [-0.39, 0.29) is 11.4 Å². The number of Topliss-reactive ketones (excluding diaryl/α,β-unsaturated/α-hetero) is 1. The van der Waals surface area contributed by atoms with Crippen molar-refractivity contribution < 1.29 is 14.0 Å². The van der Waals surface area contributed by atoms with Crippen molar-refractivity contribution in [3.8, 4) is 0 Å². The summed E-state index contributed by atoms with van der Waals surface area (Å²) in [5, 5.41) is 3.69. The largest absolute Gasteiger partial charge is 0.360 e. The smallest absolute Gasteiger partial charge is 0.292 e. The van der Waals surface area contributed by atoms with Gasteiger partial charge in [-0.3, -0.25) is 9.59 Å². The van der Waals surface area contributed by atoms with Gasteiger partial charge in [-0.15, -0.1) is 0 Å². The maximum atomic E-state index is 12.8. The molecule has 0 saturated heterocycles. The number of halogens is 2. The SMILES string of the molecule is O=C(NCCc1ccc(F)cc1)C(=O)c1c[nH]c2ccc(Cl)cc12. The zero-order chi connectivity index (χ0) is 17.1. The molecule has 1 aromatic heterocycles. The Kier molecular flexibility index (Phi) is 4.62. The Balaban J connectivity index is 1.64. The molecule has 3 rings (SSSR count). The molecule has 122 valence electrons. The first-order valence-electron chi connectivity index (χ1n) is 7.38. The van der Waals surface area contributed by atoms with E-state index in [1.807, 2.05) is 0 Å². The van der Waals surface area contributed by atoms with E-state index in [0.29, 0.717) is 23.4 Å². The molecule has 1 amide bonds. The molecule has 24 heavy (non-hydrogen) atoms. The molecule has 0 saturated carbocycles. The van der Waals surface area contributed by atoms with Gasteiger partial charge in [0.1, 0.15) is 5.82 Å². The average Bonchev–Trinajstić information content (AvgIpc) is 2.98. The fourth-order valence-corrected chi connectivity index (χ4v) is 2.63. The van der Waals surface area contributed by atoms with Gasteiger partial charge in [-0.05, 0) is 42.3 Å². The number of benzene rings is 2. The highest BCUT2D eigenvalue weighted by molar-refractivity contribution is 6.45. The van der Waals surface area contributed by atoms with Crippen LogP contribution in [0.4, 0.5) is 4.39 Å². The first kappa shape index (κ1) is 16.2. The first-order chi connectivity index (χ1) is 11.5. The van der Waals surface area contributed by atoms with Crippen LogP contribution < -0.4 is 5.32 Å². The van der Waals surface area contributed by atoms with Gasteiger partial charge in [-0.25, -0.2) is 4.39 Å². The van der Waals surface area contributed by atoms with E-state index in [1.165, 1.54) is 18.3 Å². The Labute approximate surface area is 142 Å². The Hall–Kier alpha value is -2.66. The lowest BCUT2D eigenvalue weighted by Crippen LogP contribution is -2.32. The van der Waals surface area contributed by atoms with Crippen LogP contribution in [0.2, 0.25) is 5.02 Å². The fraction of sp³-hybridized carbons (Fsp3) is 0.111. The molecule has 0 atom stereocenters. The Morgan fingerprint density at radius 1 is 1.12 bits per heavy atom. The van der Waals surface area contributed by atoms with Crippen molar-refractivity contribution in [1.29, 1.82) is 0 Å². The summed E-state index contributed by atoms with van der Waals surface area (Å²) in [7, 11) is 0. The quantitative estimate of drug-likeness (QED) is 0.549. The molecule has 0 aliphatic heterocycles. The van der Waals surface area contributed by atoms with Crippen molar-refractivity contribution in [3.05, 3.63) is 70.6 Å². The molecule has 0 radical (unpaired) electrons. The number of fused-ring (bicyclic) bond motifs is 1. The van der Waals surface area contributed by atoms with Crippen molar-refractivity contribution >= 4 is 34.2 Å². The molecule has 6 heteroatoms. The Morgan fingerprint density at radius 3 is 2.62 bits per heavy atom. The topological polar surface area (TPSA) is 62.0 Å². The summed E-state index contributed by atoms with van der Waals surface area (Å²) in [6.45, 7) is 0.291. The van der Waals surface area contributed by atoms with Crippen LogP contribution in [0.15, 0.2) is 48.7 Å². The summed E-state index contributed by atoms with van der Waals surface area (Å²) >= 11 is 5.94. The van der Waals surface area contributed by atoms with Gasteiger partial charge in [-0.1, -0.05) is 23.7 Å². The van der Waals surface area contributed by atoms with Crippen molar-refractivity contribution in [2.75, 3.05) is 6.54 Å². The second kappa shape index (κ2) is 6.84. The van der Waals surface area contributed by atoms with Crippen LogP contribution in [0.25, 0.3) is 10.9 Å². The predicted octanol–water partition coefficient (Wildman–Crippen LogP) is 3.50. The summed E-state index contributed by atoms with van der Waals surface area (Å²) in [5.74, 6) is -1.61. The van der Waals surface area contributed by atoms with E-state index in [2.05, 4.69) is 10.3 Å². The molecule has 2 aromatic carbocycles. The van der Waals surface area contributed by atoms with Crippen LogP contribution in [0.1, 0.15) is 15.9 Å². The highest BCUT2D eigenvalue weighted by atomic mass is 35.5. The summed E-state index contributed by atoms with van der Waals surface area (Å²) in [4.78, 5) is 27.3. The number of nitrogens with one attached hydrogen (secondary N) is 2. The van der Waals surface area contributed by atoms with Gasteiger partial charge in [-0.2, -0.15) is 0 Å². The maximum absolute atomic E-state index is 12.8. The third-order valence-corrected chi connectivity index (χ3v) is 3.94. The standard InChI is InChI=1S/C18H14ClFN2O2/c19-12-3-6-16-14(9-12)15(10-22-16)17(23)18(24)21-8-7-11-1-4-13(20)5-2-11/h1-6,9-10,22H,7-8H2,(H,21,24). The van der Waals surface area contributed by atoms with Gasteiger partial charge in [0.05, 0.1) is 5.56 Å². The number of aromatic nitrogens is 1. The minimum Gasteiger partial charge on any atom is -0.360 e.